The van der Waals surface area contributed by atoms with E-state index < -0.39 is 0 Å². The zero-order chi connectivity index (χ0) is 14.7. The normalized spacial score (nSPS) is 11.1. The molecule has 0 saturated heterocycles. The molecule has 0 spiro atoms. The van der Waals surface area contributed by atoms with Gasteiger partial charge in [-0.25, -0.2) is 4.98 Å². The Hall–Kier alpha value is -1.69. The van der Waals surface area contributed by atoms with Gasteiger partial charge in [-0.05, 0) is 12.0 Å². The summed E-state index contributed by atoms with van der Waals surface area (Å²) in [5, 5.41) is 6.98. The molecular weight excluding hydrogens is 272 g/mol. The number of likely N-dealkylation sites (N-methyl/N-ethyl adjacent to an activating group) is 1. The number of carbonyl (C=O) groups is 1. The van der Waals surface area contributed by atoms with Crippen LogP contribution in [0.2, 0.25) is 0 Å². The van der Waals surface area contributed by atoms with Crippen LogP contribution < -0.4 is 0 Å². The first kappa shape index (κ1) is 14.7. The van der Waals surface area contributed by atoms with Crippen LogP contribution in [0, 0.1) is 0 Å². The summed E-state index contributed by atoms with van der Waals surface area (Å²) in [4.78, 5) is 18.4. The van der Waals surface area contributed by atoms with Crippen molar-refractivity contribution in [3.8, 4) is 0 Å². The summed E-state index contributed by atoms with van der Waals surface area (Å²) in [6.45, 7) is 4.83. The second-order valence-corrected chi connectivity index (χ2v) is 6.11. The first-order valence-corrected chi connectivity index (χ1v) is 7.53. The second-order valence-electron chi connectivity index (χ2n) is 5.22. The summed E-state index contributed by atoms with van der Waals surface area (Å²) in [7, 11) is 3.70. The first-order chi connectivity index (χ1) is 9.47. The topological polar surface area (TPSA) is 51.0 Å². The molecular formula is C14H20N4OS. The highest BCUT2D eigenvalue weighted by Crippen LogP contribution is 2.19. The van der Waals surface area contributed by atoms with Crippen molar-refractivity contribution in [1.29, 1.82) is 0 Å². The SMILES string of the molecule is CC(C)c1nc(C(=O)N(C)CCc2cnn(C)c2)cs1. The van der Waals surface area contributed by atoms with Gasteiger partial charge < -0.3 is 4.90 Å². The lowest BCUT2D eigenvalue weighted by atomic mass is 10.2. The molecule has 0 aliphatic carbocycles. The van der Waals surface area contributed by atoms with E-state index in [9.17, 15) is 4.79 Å². The number of nitrogens with zero attached hydrogens (tertiary/aromatic N) is 4. The number of aryl methyl sites for hydroxylation is 1. The monoisotopic (exact) mass is 292 g/mol. The highest BCUT2D eigenvalue weighted by molar-refractivity contribution is 7.09. The van der Waals surface area contributed by atoms with Crippen LogP contribution in [0.5, 0.6) is 0 Å². The molecule has 5 nitrogen and oxygen atoms in total. The van der Waals surface area contributed by atoms with Gasteiger partial charge in [0.05, 0.1) is 11.2 Å². The van der Waals surface area contributed by atoms with Gasteiger partial charge in [0.25, 0.3) is 5.91 Å². The molecule has 0 bridgehead atoms. The van der Waals surface area contributed by atoms with Gasteiger partial charge in [0.1, 0.15) is 5.69 Å². The van der Waals surface area contributed by atoms with Crippen LogP contribution in [-0.4, -0.2) is 39.2 Å². The third-order valence-corrected chi connectivity index (χ3v) is 4.22. The van der Waals surface area contributed by atoms with E-state index in [1.165, 1.54) is 0 Å². The first-order valence-electron chi connectivity index (χ1n) is 6.65. The number of hydrogen-bond donors (Lipinski definition) is 0. The largest absolute Gasteiger partial charge is 0.340 e. The Morgan fingerprint density at radius 2 is 2.25 bits per heavy atom. The smallest absolute Gasteiger partial charge is 0.273 e. The predicted octanol–water partition coefficient (Wildman–Crippen LogP) is 2.31. The minimum absolute atomic E-state index is 0.0166. The van der Waals surface area contributed by atoms with Crippen LogP contribution in [0.4, 0.5) is 0 Å². The quantitative estimate of drug-likeness (QED) is 0.850. The van der Waals surface area contributed by atoms with Gasteiger partial charge in [0.2, 0.25) is 0 Å². The lowest BCUT2D eigenvalue weighted by Crippen LogP contribution is -2.29. The zero-order valence-corrected chi connectivity index (χ0v) is 13.1. The summed E-state index contributed by atoms with van der Waals surface area (Å²) < 4.78 is 1.77. The highest BCUT2D eigenvalue weighted by atomic mass is 32.1. The third kappa shape index (κ3) is 3.45. The molecule has 0 radical (unpaired) electrons. The maximum Gasteiger partial charge on any atom is 0.273 e. The number of rotatable bonds is 5. The van der Waals surface area contributed by atoms with E-state index in [1.54, 1.807) is 20.9 Å². The number of hydrogen-bond acceptors (Lipinski definition) is 4. The van der Waals surface area contributed by atoms with Crippen LogP contribution in [0.1, 0.15) is 40.8 Å². The lowest BCUT2D eigenvalue weighted by molar-refractivity contribution is 0.0791. The van der Waals surface area contributed by atoms with Gasteiger partial charge in [-0.1, -0.05) is 13.8 Å². The minimum Gasteiger partial charge on any atom is -0.340 e. The van der Waals surface area contributed by atoms with Crippen LogP contribution in [0.15, 0.2) is 17.8 Å². The highest BCUT2D eigenvalue weighted by Gasteiger charge is 2.16. The molecule has 0 atom stereocenters. The predicted molar refractivity (Wildman–Crippen MR) is 80.1 cm³/mol. The standard InChI is InChI=1S/C14H20N4OS/c1-10(2)13-16-12(9-20-13)14(19)17(3)6-5-11-7-15-18(4)8-11/h7-10H,5-6H2,1-4H3. The number of carbonyl (C=O) groups excluding carboxylic acids is 1. The van der Waals surface area contributed by atoms with Crippen molar-refractivity contribution in [2.45, 2.75) is 26.2 Å². The molecule has 0 aromatic carbocycles. The van der Waals surface area contributed by atoms with E-state index in [0.29, 0.717) is 18.2 Å². The van der Waals surface area contributed by atoms with Crippen molar-refractivity contribution in [2.24, 2.45) is 7.05 Å². The maximum absolute atomic E-state index is 12.3. The molecule has 20 heavy (non-hydrogen) atoms. The fourth-order valence-electron chi connectivity index (χ4n) is 1.85. The second kappa shape index (κ2) is 6.17. The molecule has 1 amide bonds. The summed E-state index contributed by atoms with van der Waals surface area (Å²) in [6.07, 6.45) is 4.60. The number of amides is 1. The average Bonchev–Trinajstić information content (AvgIpc) is 3.03. The molecule has 6 heteroatoms. The van der Waals surface area contributed by atoms with Gasteiger partial charge in [-0.15, -0.1) is 11.3 Å². The average molecular weight is 292 g/mol. The van der Waals surface area contributed by atoms with Gasteiger partial charge in [0.15, 0.2) is 0 Å². The van der Waals surface area contributed by atoms with E-state index in [0.717, 1.165) is 17.0 Å². The summed E-state index contributed by atoms with van der Waals surface area (Å²) in [5.41, 5.74) is 1.68. The molecule has 0 saturated carbocycles. The van der Waals surface area contributed by atoms with Crippen LogP contribution in [0.25, 0.3) is 0 Å². The van der Waals surface area contributed by atoms with Gasteiger partial charge in [0, 0.05) is 38.1 Å². The van der Waals surface area contributed by atoms with E-state index >= 15 is 0 Å². The van der Waals surface area contributed by atoms with E-state index in [-0.39, 0.29) is 5.91 Å². The van der Waals surface area contributed by atoms with E-state index in [4.69, 9.17) is 0 Å². The van der Waals surface area contributed by atoms with Gasteiger partial charge >= 0.3 is 0 Å². The molecule has 0 N–H and O–H groups in total. The fraction of sp³-hybridized carbons (Fsp3) is 0.500. The molecule has 108 valence electrons. The molecule has 0 aliphatic heterocycles. The Kier molecular flexibility index (Phi) is 4.54. The van der Waals surface area contributed by atoms with E-state index in [2.05, 4.69) is 23.9 Å². The maximum atomic E-state index is 12.3. The van der Waals surface area contributed by atoms with Crippen LogP contribution in [0.3, 0.4) is 0 Å². The van der Waals surface area contributed by atoms with Crippen LogP contribution in [-0.2, 0) is 13.5 Å². The minimum atomic E-state index is -0.0166. The number of thiazole rings is 1. The van der Waals surface area contributed by atoms with Crippen molar-refractivity contribution in [1.82, 2.24) is 19.7 Å². The lowest BCUT2D eigenvalue weighted by Gasteiger charge is -2.15. The number of aromatic nitrogens is 3. The summed E-state index contributed by atoms with van der Waals surface area (Å²) in [6, 6.07) is 0. The molecule has 0 unspecified atom stereocenters. The molecule has 0 fully saturated rings. The van der Waals surface area contributed by atoms with Gasteiger partial charge in [-0.3, -0.25) is 9.48 Å². The summed E-state index contributed by atoms with van der Waals surface area (Å²) >= 11 is 1.55. The van der Waals surface area contributed by atoms with Crippen molar-refractivity contribution in [2.75, 3.05) is 13.6 Å². The van der Waals surface area contributed by atoms with Crippen molar-refractivity contribution >= 4 is 17.2 Å². The molecule has 2 aromatic rings. The Morgan fingerprint density at radius 3 is 2.80 bits per heavy atom. The van der Waals surface area contributed by atoms with Crippen LogP contribution >= 0.6 is 11.3 Å². The zero-order valence-electron chi connectivity index (χ0n) is 12.3. The Morgan fingerprint density at radius 1 is 1.50 bits per heavy atom. The fourth-order valence-corrected chi connectivity index (χ4v) is 2.66. The molecule has 2 rings (SSSR count). The van der Waals surface area contributed by atoms with Gasteiger partial charge in [-0.2, -0.15) is 5.10 Å². The van der Waals surface area contributed by atoms with Crippen molar-refractivity contribution < 1.29 is 4.79 Å². The Balaban J connectivity index is 1.94. The Labute approximate surface area is 123 Å². The van der Waals surface area contributed by atoms with Crippen molar-refractivity contribution in [3.63, 3.8) is 0 Å². The van der Waals surface area contributed by atoms with Crippen molar-refractivity contribution in [3.05, 3.63) is 34.0 Å². The molecule has 2 heterocycles. The molecule has 0 aliphatic rings. The summed E-state index contributed by atoms with van der Waals surface area (Å²) in [5.74, 6) is 0.347. The molecule has 2 aromatic heterocycles. The third-order valence-electron chi connectivity index (χ3n) is 3.08. The van der Waals surface area contributed by atoms with E-state index in [1.807, 2.05) is 31.9 Å². The Bertz CT molecular complexity index is 588.